The number of ether oxygens (including phenoxy) is 1. The minimum absolute atomic E-state index is 0.546. The number of hydrogen-bond acceptors (Lipinski definition) is 3. The maximum Gasteiger partial charge on any atom is 0.158 e. The molecule has 1 heterocycles. The van der Waals surface area contributed by atoms with Gasteiger partial charge >= 0.3 is 0 Å². The van der Waals surface area contributed by atoms with Crippen LogP contribution in [0, 0.1) is 0 Å². The zero-order valence-corrected chi connectivity index (χ0v) is 6.58. The van der Waals surface area contributed by atoms with Gasteiger partial charge in [0.05, 0.1) is 0 Å². The van der Waals surface area contributed by atoms with Gasteiger partial charge in [-0.1, -0.05) is 12.1 Å². The van der Waals surface area contributed by atoms with Crippen LogP contribution < -0.4 is 11.1 Å². The molecule has 0 bridgehead atoms. The molecule has 3 nitrogen and oxygen atoms in total. The normalized spacial score (nSPS) is 14.8. The summed E-state index contributed by atoms with van der Waals surface area (Å²) in [5.41, 5.74) is 7.39. The van der Waals surface area contributed by atoms with Crippen LogP contribution in [0.15, 0.2) is 30.5 Å². The summed E-state index contributed by atoms with van der Waals surface area (Å²) in [6.45, 7) is 0.546. The van der Waals surface area contributed by atoms with Crippen LogP contribution in [0.25, 0.3) is 5.76 Å². The Labute approximate surface area is 70.8 Å². The van der Waals surface area contributed by atoms with Gasteiger partial charge in [-0.25, -0.2) is 0 Å². The van der Waals surface area contributed by atoms with Crippen molar-refractivity contribution >= 4 is 11.4 Å². The molecule has 0 saturated carbocycles. The molecule has 2 rings (SSSR count). The Morgan fingerprint density at radius 1 is 1.42 bits per heavy atom. The van der Waals surface area contributed by atoms with Crippen LogP contribution >= 0.6 is 0 Å². The second-order valence-corrected chi connectivity index (χ2v) is 2.63. The van der Waals surface area contributed by atoms with E-state index in [4.69, 9.17) is 10.5 Å². The van der Waals surface area contributed by atoms with Gasteiger partial charge in [-0.15, -0.1) is 0 Å². The molecule has 1 aliphatic rings. The van der Waals surface area contributed by atoms with Crippen molar-refractivity contribution in [1.29, 1.82) is 0 Å². The smallest absolute Gasteiger partial charge is 0.158 e. The largest absolute Gasteiger partial charge is 0.471 e. The molecule has 0 aromatic heterocycles. The molecule has 12 heavy (non-hydrogen) atoms. The van der Waals surface area contributed by atoms with E-state index in [1.807, 2.05) is 30.5 Å². The van der Waals surface area contributed by atoms with Gasteiger partial charge in [-0.05, 0) is 12.1 Å². The zero-order chi connectivity index (χ0) is 8.39. The molecule has 3 heteroatoms. The second kappa shape index (κ2) is 2.77. The highest BCUT2D eigenvalue weighted by atomic mass is 16.5. The first-order valence-electron chi connectivity index (χ1n) is 3.78. The van der Waals surface area contributed by atoms with Gasteiger partial charge in [0.2, 0.25) is 0 Å². The summed E-state index contributed by atoms with van der Waals surface area (Å²) < 4.78 is 5.29. The Kier molecular flexibility index (Phi) is 1.63. The molecular formula is C9H10N2O. The predicted octanol–water partition coefficient (Wildman–Crippen LogP) is 1.14. The lowest BCUT2D eigenvalue weighted by molar-refractivity contribution is 0.291. The maximum absolute atomic E-state index is 5.62. The number of benzene rings is 1. The highest BCUT2D eigenvalue weighted by Gasteiger charge is 2.06. The molecule has 1 aromatic carbocycles. The molecule has 0 saturated heterocycles. The van der Waals surface area contributed by atoms with E-state index in [1.54, 1.807) is 0 Å². The quantitative estimate of drug-likeness (QED) is 0.609. The Bertz CT molecular complexity index is 320. The van der Waals surface area contributed by atoms with Crippen LogP contribution in [-0.4, -0.2) is 6.73 Å². The average Bonchev–Trinajstić information content (AvgIpc) is 2.56. The highest BCUT2D eigenvalue weighted by Crippen LogP contribution is 2.19. The van der Waals surface area contributed by atoms with Gasteiger partial charge in [-0.2, -0.15) is 0 Å². The minimum atomic E-state index is 0.546. The van der Waals surface area contributed by atoms with Crippen molar-refractivity contribution in [2.75, 3.05) is 12.5 Å². The van der Waals surface area contributed by atoms with Gasteiger partial charge in [0, 0.05) is 17.5 Å². The molecule has 1 aliphatic heterocycles. The van der Waals surface area contributed by atoms with E-state index in [0.29, 0.717) is 6.73 Å². The molecule has 0 spiro atoms. The van der Waals surface area contributed by atoms with Crippen LogP contribution in [-0.2, 0) is 4.74 Å². The van der Waals surface area contributed by atoms with Crippen LogP contribution in [0.1, 0.15) is 5.56 Å². The summed E-state index contributed by atoms with van der Waals surface area (Å²) in [5, 5.41) is 2.97. The summed E-state index contributed by atoms with van der Waals surface area (Å²) in [6, 6.07) is 7.62. The first-order valence-corrected chi connectivity index (χ1v) is 3.78. The van der Waals surface area contributed by atoms with Crippen molar-refractivity contribution in [3.05, 3.63) is 36.0 Å². The average molecular weight is 162 g/mol. The molecule has 62 valence electrons. The number of hydrogen-bond donors (Lipinski definition) is 2. The summed E-state index contributed by atoms with van der Waals surface area (Å²) in [5.74, 6) is 0.849. The lowest BCUT2D eigenvalue weighted by atomic mass is 10.2. The SMILES string of the molecule is Nc1cccc(C2=CNCO2)c1. The zero-order valence-electron chi connectivity index (χ0n) is 6.58. The third-order valence-electron chi connectivity index (χ3n) is 1.72. The number of nitrogen functional groups attached to an aromatic ring is 1. The van der Waals surface area contributed by atoms with E-state index < -0.39 is 0 Å². The fraction of sp³-hybridized carbons (Fsp3) is 0.111. The lowest BCUT2D eigenvalue weighted by Crippen LogP contribution is -1.98. The lowest BCUT2D eigenvalue weighted by Gasteiger charge is -2.02. The maximum atomic E-state index is 5.62. The number of nitrogens with one attached hydrogen (secondary N) is 1. The second-order valence-electron chi connectivity index (χ2n) is 2.63. The summed E-state index contributed by atoms with van der Waals surface area (Å²) in [6.07, 6.45) is 1.84. The van der Waals surface area contributed by atoms with Crippen molar-refractivity contribution in [3.63, 3.8) is 0 Å². The Balaban J connectivity index is 2.33. The summed E-state index contributed by atoms with van der Waals surface area (Å²) in [7, 11) is 0. The predicted molar refractivity (Wildman–Crippen MR) is 47.9 cm³/mol. The first-order chi connectivity index (χ1) is 5.86. The fourth-order valence-corrected chi connectivity index (χ4v) is 1.15. The third kappa shape index (κ3) is 1.21. The first kappa shape index (κ1) is 7.03. The number of rotatable bonds is 1. The van der Waals surface area contributed by atoms with Crippen LogP contribution in [0.5, 0.6) is 0 Å². The van der Waals surface area contributed by atoms with Crippen molar-refractivity contribution < 1.29 is 4.74 Å². The van der Waals surface area contributed by atoms with E-state index >= 15 is 0 Å². The number of anilines is 1. The Morgan fingerprint density at radius 2 is 2.33 bits per heavy atom. The number of nitrogens with two attached hydrogens (primary N) is 1. The standard InChI is InChI=1S/C9H10N2O/c10-8-3-1-2-7(4-8)9-5-11-6-12-9/h1-5,11H,6,10H2. The highest BCUT2D eigenvalue weighted by molar-refractivity contribution is 5.63. The van der Waals surface area contributed by atoms with E-state index in [-0.39, 0.29) is 0 Å². The molecule has 0 aliphatic carbocycles. The molecule has 0 fully saturated rings. The van der Waals surface area contributed by atoms with Gasteiger partial charge in [0.1, 0.15) is 5.76 Å². The van der Waals surface area contributed by atoms with Crippen LogP contribution in [0.2, 0.25) is 0 Å². The van der Waals surface area contributed by atoms with Crippen molar-refractivity contribution in [1.82, 2.24) is 5.32 Å². The Hall–Kier alpha value is -1.64. The van der Waals surface area contributed by atoms with Crippen molar-refractivity contribution in [2.45, 2.75) is 0 Å². The third-order valence-corrected chi connectivity index (χ3v) is 1.72. The van der Waals surface area contributed by atoms with Gasteiger partial charge in [-0.3, -0.25) is 0 Å². The van der Waals surface area contributed by atoms with Gasteiger partial charge in [0.15, 0.2) is 6.73 Å². The van der Waals surface area contributed by atoms with Crippen LogP contribution in [0.3, 0.4) is 0 Å². The van der Waals surface area contributed by atoms with Gasteiger partial charge in [0.25, 0.3) is 0 Å². The minimum Gasteiger partial charge on any atom is -0.471 e. The van der Waals surface area contributed by atoms with Crippen molar-refractivity contribution in [2.24, 2.45) is 0 Å². The molecule has 0 unspecified atom stereocenters. The van der Waals surface area contributed by atoms with Gasteiger partial charge < -0.3 is 15.8 Å². The molecule has 1 aromatic rings. The molecule has 0 amide bonds. The van der Waals surface area contributed by atoms with E-state index in [2.05, 4.69) is 5.32 Å². The van der Waals surface area contributed by atoms with E-state index in [9.17, 15) is 0 Å². The van der Waals surface area contributed by atoms with Crippen molar-refractivity contribution in [3.8, 4) is 0 Å². The molecule has 3 N–H and O–H groups in total. The summed E-state index contributed by atoms with van der Waals surface area (Å²) >= 11 is 0. The monoisotopic (exact) mass is 162 g/mol. The van der Waals surface area contributed by atoms with Crippen LogP contribution in [0.4, 0.5) is 5.69 Å². The Morgan fingerprint density at radius 3 is 3.00 bits per heavy atom. The fourth-order valence-electron chi connectivity index (χ4n) is 1.15. The molecular weight excluding hydrogens is 152 g/mol. The van der Waals surface area contributed by atoms with E-state index in [1.165, 1.54) is 0 Å². The summed E-state index contributed by atoms with van der Waals surface area (Å²) in [4.78, 5) is 0. The topological polar surface area (TPSA) is 47.3 Å². The van der Waals surface area contributed by atoms with E-state index in [0.717, 1.165) is 17.0 Å². The molecule has 0 radical (unpaired) electrons. The molecule has 0 atom stereocenters.